The zero-order valence-corrected chi connectivity index (χ0v) is 12.1. The van der Waals surface area contributed by atoms with Crippen molar-refractivity contribution in [2.75, 3.05) is 6.61 Å². The van der Waals surface area contributed by atoms with Gasteiger partial charge >= 0.3 is 0 Å². The quantitative estimate of drug-likeness (QED) is 0.620. The predicted molar refractivity (Wildman–Crippen MR) is 73.3 cm³/mol. The minimum Gasteiger partial charge on any atom is -0.376 e. The second kappa shape index (κ2) is 9.64. The third kappa shape index (κ3) is 15.6. The van der Waals surface area contributed by atoms with Gasteiger partial charge in [0, 0.05) is 6.42 Å². The molecule has 0 amide bonds. The van der Waals surface area contributed by atoms with E-state index >= 15 is 0 Å². The van der Waals surface area contributed by atoms with E-state index in [9.17, 15) is 4.79 Å². The molecule has 2 heteroatoms. The molecule has 0 N–H and O–H groups in total. The van der Waals surface area contributed by atoms with Crippen LogP contribution in [-0.4, -0.2) is 18.5 Å². The summed E-state index contributed by atoms with van der Waals surface area (Å²) in [6.07, 6.45) is 9.45. The van der Waals surface area contributed by atoms with Crippen molar-refractivity contribution in [1.29, 1.82) is 0 Å². The molecule has 0 aromatic carbocycles. The molecule has 0 saturated heterocycles. The van der Waals surface area contributed by atoms with E-state index in [1.54, 1.807) is 0 Å². The Balaban J connectivity index is 0.000000728. The van der Waals surface area contributed by atoms with Crippen molar-refractivity contribution in [3.63, 3.8) is 0 Å². The summed E-state index contributed by atoms with van der Waals surface area (Å²) >= 11 is 0. The Bertz CT molecular complexity index is 177. The third-order valence-corrected chi connectivity index (χ3v) is 2.50. The predicted octanol–water partition coefficient (Wildman–Crippen LogP) is 4.37. The van der Waals surface area contributed by atoms with Crippen LogP contribution in [0.25, 0.3) is 0 Å². The number of rotatable bonds is 7. The second-order valence-electron chi connectivity index (χ2n) is 5.88. The fraction of sp³-hybridized carbons (Fsp3) is 0.933. The topological polar surface area (TPSA) is 26.3 Å². The largest absolute Gasteiger partial charge is 0.376 e. The zero-order chi connectivity index (χ0) is 13.1. The number of carbonyl (C=O) groups excluding carboxylic acids is 1. The lowest BCUT2D eigenvalue weighted by atomic mass is 9.99. The Morgan fingerprint density at radius 3 is 2.12 bits per heavy atom. The summed E-state index contributed by atoms with van der Waals surface area (Å²) in [6.45, 7) is 9.15. The molecule has 1 unspecified atom stereocenters. The van der Waals surface area contributed by atoms with Gasteiger partial charge in [-0.3, -0.25) is 0 Å². The highest BCUT2D eigenvalue weighted by molar-refractivity contribution is 5.49. The molecule has 2 nitrogen and oxygen atoms in total. The molecule has 1 rings (SSSR count). The fourth-order valence-electron chi connectivity index (χ4n) is 1.39. The van der Waals surface area contributed by atoms with Crippen LogP contribution in [0.15, 0.2) is 0 Å². The highest BCUT2D eigenvalue weighted by Crippen LogP contribution is 2.17. The molecule has 17 heavy (non-hydrogen) atoms. The van der Waals surface area contributed by atoms with Crippen LogP contribution in [0.4, 0.5) is 0 Å². The van der Waals surface area contributed by atoms with Gasteiger partial charge in [0.15, 0.2) is 0 Å². The van der Waals surface area contributed by atoms with Crippen molar-refractivity contribution in [3.05, 3.63) is 0 Å². The third-order valence-electron chi connectivity index (χ3n) is 2.50. The Kier molecular flexibility index (Phi) is 9.43. The minimum absolute atomic E-state index is 0.0623. The molecular weight excluding hydrogens is 212 g/mol. The van der Waals surface area contributed by atoms with E-state index in [-0.39, 0.29) is 5.60 Å². The van der Waals surface area contributed by atoms with Crippen LogP contribution in [0, 0.1) is 5.92 Å². The second-order valence-corrected chi connectivity index (χ2v) is 5.88. The summed E-state index contributed by atoms with van der Waals surface area (Å²) < 4.78 is 5.73. The Morgan fingerprint density at radius 2 is 1.76 bits per heavy atom. The first kappa shape index (κ1) is 16.6. The standard InChI is InChI=1S/C12H24O2.C3H6/c1-5-7-11(8-6-9-13)10-14-12(2,3)4;1-2-3-1/h9,11H,5-8,10H2,1-4H3;1-3H2. The average Bonchev–Trinajstić information content (AvgIpc) is 3.08. The van der Waals surface area contributed by atoms with Gasteiger partial charge in [-0.15, -0.1) is 0 Å². The summed E-state index contributed by atoms with van der Waals surface area (Å²) in [5.41, 5.74) is -0.0623. The molecule has 1 atom stereocenters. The maximum absolute atomic E-state index is 10.3. The first-order valence-electron chi connectivity index (χ1n) is 7.07. The Labute approximate surface area is 107 Å². The molecule has 102 valence electrons. The van der Waals surface area contributed by atoms with Crippen molar-refractivity contribution in [2.24, 2.45) is 5.92 Å². The van der Waals surface area contributed by atoms with Crippen LogP contribution in [0.2, 0.25) is 0 Å². The van der Waals surface area contributed by atoms with E-state index in [4.69, 9.17) is 4.74 Å². The number of hydrogen-bond acceptors (Lipinski definition) is 2. The van der Waals surface area contributed by atoms with Crippen molar-refractivity contribution >= 4 is 6.29 Å². The van der Waals surface area contributed by atoms with Gasteiger partial charge < -0.3 is 9.53 Å². The van der Waals surface area contributed by atoms with Gasteiger partial charge in [-0.2, -0.15) is 0 Å². The van der Waals surface area contributed by atoms with E-state index in [2.05, 4.69) is 27.7 Å². The summed E-state index contributed by atoms with van der Waals surface area (Å²) in [5, 5.41) is 0. The first-order valence-corrected chi connectivity index (χ1v) is 7.07. The number of carbonyl (C=O) groups is 1. The average molecular weight is 242 g/mol. The van der Waals surface area contributed by atoms with Gasteiger partial charge in [0.05, 0.1) is 12.2 Å². The molecule has 1 aliphatic carbocycles. The van der Waals surface area contributed by atoms with Crippen LogP contribution < -0.4 is 0 Å². The molecule has 0 aromatic rings. The molecular formula is C15H30O2. The van der Waals surface area contributed by atoms with Gasteiger partial charge in [0.1, 0.15) is 6.29 Å². The lowest BCUT2D eigenvalue weighted by Gasteiger charge is -2.24. The Morgan fingerprint density at radius 1 is 1.18 bits per heavy atom. The molecule has 0 aliphatic heterocycles. The van der Waals surface area contributed by atoms with Crippen LogP contribution in [0.1, 0.15) is 72.6 Å². The van der Waals surface area contributed by atoms with E-state index in [0.29, 0.717) is 12.3 Å². The maximum atomic E-state index is 10.3. The van der Waals surface area contributed by atoms with E-state index in [1.807, 2.05) is 0 Å². The lowest BCUT2D eigenvalue weighted by molar-refractivity contribution is -0.108. The van der Waals surface area contributed by atoms with Crippen LogP contribution in [0.3, 0.4) is 0 Å². The van der Waals surface area contributed by atoms with E-state index in [0.717, 1.165) is 32.2 Å². The van der Waals surface area contributed by atoms with Crippen LogP contribution in [-0.2, 0) is 9.53 Å². The SMILES string of the molecule is C1CC1.CCCC(CCC=O)COC(C)(C)C. The first-order chi connectivity index (χ1) is 7.99. The summed E-state index contributed by atoms with van der Waals surface area (Å²) in [4.78, 5) is 10.3. The zero-order valence-electron chi connectivity index (χ0n) is 12.1. The van der Waals surface area contributed by atoms with Crippen LogP contribution in [0.5, 0.6) is 0 Å². The molecule has 0 radical (unpaired) electrons. The monoisotopic (exact) mass is 242 g/mol. The minimum atomic E-state index is -0.0623. The van der Waals surface area contributed by atoms with Crippen molar-refractivity contribution in [3.8, 4) is 0 Å². The number of aldehydes is 1. The van der Waals surface area contributed by atoms with Gasteiger partial charge in [-0.1, -0.05) is 32.6 Å². The summed E-state index contributed by atoms with van der Waals surface area (Å²) in [5.74, 6) is 0.546. The van der Waals surface area contributed by atoms with Crippen molar-refractivity contribution in [2.45, 2.75) is 78.2 Å². The van der Waals surface area contributed by atoms with Gasteiger partial charge in [0.25, 0.3) is 0 Å². The maximum Gasteiger partial charge on any atom is 0.120 e. The molecule has 0 bridgehead atoms. The van der Waals surface area contributed by atoms with Gasteiger partial charge in [-0.05, 0) is 39.5 Å². The van der Waals surface area contributed by atoms with Gasteiger partial charge in [0.2, 0.25) is 0 Å². The molecule has 1 saturated carbocycles. The lowest BCUT2D eigenvalue weighted by Crippen LogP contribution is -2.23. The number of hydrogen-bond donors (Lipinski definition) is 0. The smallest absolute Gasteiger partial charge is 0.120 e. The van der Waals surface area contributed by atoms with Crippen molar-refractivity contribution in [1.82, 2.24) is 0 Å². The van der Waals surface area contributed by atoms with Crippen molar-refractivity contribution < 1.29 is 9.53 Å². The van der Waals surface area contributed by atoms with Crippen LogP contribution >= 0.6 is 0 Å². The van der Waals surface area contributed by atoms with E-state index < -0.39 is 0 Å². The highest BCUT2D eigenvalue weighted by atomic mass is 16.5. The summed E-state index contributed by atoms with van der Waals surface area (Å²) in [6, 6.07) is 0. The molecule has 0 spiro atoms. The Hall–Kier alpha value is -0.370. The summed E-state index contributed by atoms with van der Waals surface area (Å²) in [7, 11) is 0. The van der Waals surface area contributed by atoms with Gasteiger partial charge in [-0.25, -0.2) is 0 Å². The fourth-order valence-corrected chi connectivity index (χ4v) is 1.39. The van der Waals surface area contributed by atoms with E-state index in [1.165, 1.54) is 19.3 Å². The molecule has 1 fully saturated rings. The molecule has 0 aromatic heterocycles. The molecule has 0 heterocycles. The normalized spacial score (nSPS) is 15.8. The number of ether oxygens (including phenoxy) is 1. The molecule has 1 aliphatic rings. The highest BCUT2D eigenvalue weighted by Gasteiger charge is 2.14.